The largest absolute Gasteiger partial charge is 0.0885 e. The maximum atomic E-state index is 2.44. The molecule has 0 aromatic heterocycles. The van der Waals surface area contributed by atoms with Crippen LogP contribution >= 0.6 is 0 Å². The SMILES string of the molecule is CCCCCCCCCC/C=C/CC(C)CCCCCC. The van der Waals surface area contributed by atoms with Crippen molar-refractivity contribution in [2.24, 2.45) is 5.92 Å². The van der Waals surface area contributed by atoms with Crippen LogP contribution in [0.1, 0.15) is 117 Å². The molecule has 1 unspecified atom stereocenters. The topological polar surface area (TPSA) is 0 Å². The number of hydrogen-bond donors (Lipinski definition) is 0. The molecule has 0 aliphatic carbocycles. The summed E-state index contributed by atoms with van der Waals surface area (Å²) in [6.07, 6.45) is 26.0. The lowest BCUT2D eigenvalue weighted by Gasteiger charge is -2.07. The standard InChI is InChI=1S/C21H42/c1-4-6-8-10-11-12-13-14-15-16-18-20-21(3)19-17-9-7-5-2/h16,18,21H,4-15,17,19-20H2,1-3H3/b18-16+. The van der Waals surface area contributed by atoms with Gasteiger partial charge in [0.25, 0.3) is 0 Å². The highest BCUT2D eigenvalue weighted by Gasteiger charge is 1.98. The van der Waals surface area contributed by atoms with Crippen molar-refractivity contribution in [2.75, 3.05) is 0 Å². The molecule has 0 aromatic carbocycles. The third kappa shape index (κ3) is 17.7. The first-order valence-corrected chi connectivity index (χ1v) is 9.96. The van der Waals surface area contributed by atoms with E-state index < -0.39 is 0 Å². The normalized spacial score (nSPS) is 13.1. The molecule has 0 bridgehead atoms. The first-order valence-electron chi connectivity index (χ1n) is 9.96. The monoisotopic (exact) mass is 294 g/mol. The second-order valence-electron chi connectivity index (χ2n) is 6.93. The van der Waals surface area contributed by atoms with E-state index in [2.05, 4.69) is 32.9 Å². The van der Waals surface area contributed by atoms with E-state index in [1.807, 2.05) is 0 Å². The molecule has 0 amide bonds. The van der Waals surface area contributed by atoms with Crippen LogP contribution in [0.4, 0.5) is 0 Å². The van der Waals surface area contributed by atoms with E-state index >= 15 is 0 Å². The van der Waals surface area contributed by atoms with Crippen molar-refractivity contribution in [1.82, 2.24) is 0 Å². The molecule has 0 aliphatic heterocycles. The van der Waals surface area contributed by atoms with Gasteiger partial charge in [0.15, 0.2) is 0 Å². The molecule has 0 aromatic rings. The van der Waals surface area contributed by atoms with Crippen molar-refractivity contribution in [3.05, 3.63) is 12.2 Å². The quantitative estimate of drug-likeness (QED) is 0.199. The lowest BCUT2D eigenvalue weighted by Crippen LogP contribution is -1.92. The molecule has 0 nitrogen and oxygen atoms in total. The first-order chi connectivity index (χ1) is 10.3. The highest BCUT2D eigenvalue weighted by molar-refractivity contribution is 4.83. The van der Waals surface area contributed by atoms with Gasteiger partial charge in [-0.1, -0.05) is 110 Å². The average Bonchev–Trinajstić information content (AvgIpc) is 2.49. The Hall–Kier alpha value is -0.260. The molecule has 126 valence electrons. The Bertz CT molecular complexity index is 204. The van der Waals surface area contributed by atoms with Crippen LogP contribution < -0.4 is 0 Å². The van der Waals surface area contributed by atoms with E-state index in [4.69, 9.17) is 0 Å². The van der Waals surface area contributed by atoms with Gasteiger partial charge in [0.2, 0.25) is 0 Å². The van der Waals surface area contributed by atoms with Crippen molar-refractivity contribution in [2.45, 2.75) is 117 Å². The van der Waals surface area contributed by atoms with E-state index in [9.17, 15) is 0 Å². The van der Waals surface area contributed by atoms with Gasteiger partial charge in [-0.05, 0) is 25.2 Å². The maximum absolute atomic E-state index is 2.44. The summed E-state index contributed by atoms with van der Waals surface area (Å²) in [5.74, 6) is 0.886. The van der Waals surface area contributed by atoms with Gasteiger partial charge in [-0.3, -0.25) is 0 Å². The summed E-state index contributed by atoms with van der Waals surface area (Å²) in [6, 6.07) is 0. The van der Waals surface area contributed by atoms with Crippen LogP contribution in [0.15, 0.2) is 12.2 Å². The van der Waals surface area contributed by atoms with Crippen LogP contribution in [0, 0.1) is 5.92 Å². The minimum atomic E-state index is 0.886. The second-order valence-corrected chi connectivity index (χ2v) is 6.93. The zero-order valence-electron chi connectivity index (χ0n) is 15.3. The van der Waals surface area contributed by atoms with Gasteiger partial charge in [0.1, 0.15) is 0 Å². The molecule has 0 heteroatoms. The molecule has 0 rings (SSSR count). The molecule has 1 atom stereocenters. The molecule has 0 aliphatic rings. The molecular weight excluding hydrogens is 252 g/mol. The molecule has 0 radical (unpaired) electrons. The summed E-state index contributed by atoms with van der Waals surface area (Å²) in [6.45, 7) is 6.99. The molecule has 0 saturated heterocycles. The molecule has 0 fully saturated rings. The fourth-order valence-electron chi connectivity index (χ4n) is 2.88. The predicted octanol–water partition coefficient (Wildman–Crippen LogP) is 8.07. The van der Waals surface area contributed by atoms with Crippen molar-refractivity contribution >= 4 is 0 Å². The zero-order chi connectivity index (χ0) is 15.6. The molecule has 0 heterocycles. The van der Waals surface area contributed by atoms with Gasteiger partial charge in [0, 0.05) is 0 Å². The Balaban J connectivity index is 3.20. The van der Waals surface area contributed by atoms with Crippen LogP contribution in [0.5, 0.6) is 0 Å². The van der Waals surface area contributed by atoms with Crippen LogP contribution in [0.2, 0.25) is 0 Å². The first kappa shape index (κ1) is 20.7. The van der Waals surface area contributed by atoms with Gasteiger partial charge in [-0.2, -0.15) is 0 Å². The minimum Gasteiger partial charge on any atom is -0.0885 e. The molecule has 21 heavy (non-hydrogen) atoms. The average molecular weight is 295 g/mol. The van der Waals surface area contributed by atoms with Gasteiger partial charge in [0.05, 0.1) is 0 Å². The Morgan fingerprint density at radius 2 is 1.14 bits per heavy atom. The predicted molar refractivity (Wildman–Crippen MR) is 98.9 cm³/mol. The van der Waals surface area contributed by atoms with E-state index in [0.717, 1.165) is 5.92 Å². The fraction of sp³-hybridized carbons (Fsp3) is 0.905. The van der Waals surface area contributed by atoms with Crippen molar-refractivity contribution in [3.8, 4) is 0 Å². The lowest BCUT2D eigenvalue weighted by molar-refractivity contribution is 0.493. The summed E-state index contributed by atoms with van der Waals surface area (Å²) in [5, 5.41) is 0. The number of unbranched alkanes of at least 4 members (excludes halogenated alkanes) is 11. The molecule has 0 spiro atoms. The van der Waals surface area contributed by atoms with Crippen LogP contribution in [0.3, 0.4) is 0 Å². The summed E-state index contributed by atoms with van der Waals surface area (Å²) in [5.41, 5.74) is 0. The number of hydrogen-bond acceptors (Lipinski definition) is 0. The third-order valence-electron chi connectivity index (χ3n) is 4.48. The minimum absolute atomic E-state index is 0.886. The second kappa shape index (κ2) is 17.8. The van der Waals surface area contributed by atoms with Gasteiger partial charge in [-0.15, -0.1) is 0 Å². The fourth-order valence-corrected chi connectivity index (χ4v) is 2.88. The van der Waals surface area contributed by atoms with E-state index in [-0.39, 0.29) is 0 Å². The highest BCUT2D eigenvalue weighted by Crippen LogP contribution is 2.15. The highest BCUT2D eigenvalue weighted by atomic mass is 14.0. The number of rotatable bonds is 16. The summed E-state index contributed by atoms with van der Waals surface area (Å²) in [7, 11) is 0. The van der Waals surface area contributed by atoms with Gasteiger partial charge < -0.3 is 0 Å². The van der Waals surface area contributed by atoms with Crippen molar-refractivity contribution < 1.29 is 0 Å². The molecule has 0 N–H and O–H groups in total. The van der Waals surface area contributed by atoms with E-state index in [0.29, 0.717) is 0 Å². The Kier molecular flexibility index (Phi) is 17.6. The Morgan fingerprint density at radius 3 is 1.76 bits per heavy atom. The van der Waals surface area contributed by atoms with E-state index in [1.54, 1.807) is 0 Å². The molecular formula is C21H42. The molecule has 0 saturated carbocycles. The summed E-state index contributed by atoms with van der Waals surface area (Å²) >= 11 is 0. The maximum Gasteiger partial charge on any atom is -0.0325 e. The Labute approximate surface area is 135 Å². The lowest BCUT2D eigenvalue weighted by atomic mass is 9.99. The van der Waals surface area contributed by atoms with Crippen LogP contribution in [-0.4, -0.2) is 0 Å². The van der Waals surface area contributed by atoms with Gasteiger partial charge >= 0.3 is 0 Å². The van der Waals surface area contributed by atoms with Crippen molar-refractivity contribution in [1.29, 1.82) is 0 Å². The Morgan fingerprint density at radius 1 is 0.619 bits per heavy atom. The van der Waals surface area contributed by atoms with Crippen LogP contribution in [-0.2, 0) is 0 Å². The summed E-state index contributed by atoms with van der Waals surface area (Å²) < 4.78 is 0. The van der Waals surface area contributed by atoms with Gasteiger partial charge in [-0.25, -0.2) is 0 Å². The summed E-state index contributed by atoms with van der Waals surface area (Å²) in [4.78, 5) is 0. The number of allylic oxidation sites excluding steroid dienone is 2. The van der Waals surface area contributed by atoms with Crippen LogP contribution in [0.25, 0.3) is 0 Å². The van der Waals surface area contributed by atoms with Crippen molar-refractivity contribution in [3.63, 3.8) is 0 Å². The van der Waals surface area contributed by atoms with E-state index in [1.165, 1.54) is 96.3 Å². The third-order valence-corrected chi connectivity index (χ3v) is 4.48. The smallest absolute Gasteiger partial charge is 0.0325 e. The zero-order valence-corrected chi connectivity index (χ0v) is 15.3.